The number of hydrogen-bond acceptors (Lipinski definition) is 7. The first-order valence-corrected chi connectivity index (χ1v) is 11.9. The van der Waals surface area contributed by atoms with Gasteiger partial charge in [0.25, 0.3) is 0 Å². The van der Waals surface area contributed by atoms with E-state index in [1.807, 2.05) is 44.5 Å². The van der Waals surface area contributed by atoms with Crippen molar-refractivity contribution in [3.8, 4) is 22.9 Å². The lowest BCUT2D eigenvalue weighted by atomic mass is 10.1. The minimum atomic E-state index is -0.545. The maximum atomic E-state index is 10.6. The van der Waals surface area contributed by atoms with E-state index < -0.39 is 6.10 Å². The average molecular weight is 477 g/mol. The van der Waals surface area contributed by atoms with Crippen molar-refractivity contribution in [2.75, 3.05) is 26.4 Å². The molecule has 5 heterocycles. The van der Waals surface area contributed by atoms with E-state index in [4.69, 9.17) is 19.3 Å². The molecule has 2 bridgehead atoms. The number of aliphatic hydroxyl groups excluding tert-OH is 1. The molecule has 3 aromatic heterocycles. The van der Waals surface area contributed by atoms with Gasteiger partial charge in [-0.25, -0.2) is 9.36 Å². The van der Waals surface area contributed by atoms with E-state index in [0.29, 0.717) is 51.0 Å². The van der Waals surface area contributed by atoms with Gasteiger partial charge >= 0.3 is 0 Å². The van der Waals surface area contributed by atoms with Crippen molar-refractivity contribution in [3.05, 3.63) is 41.3 Å². The van der Waals surface area contributed by atoms with Crippen molar-refractivity contribution in [1.82, 2.24) is 29.8 Å². The van der Waals surface area contributed by atoms with Gasteiger partial charge in [-0.05, 0) is 43.2 Å². The van der Waals surface area contributed by atoms with Crippen molar-refractivity contribution in [3.63, 3.8) is 0 Å². The van der Waals surface area contributed by atoms with Crippen LogP contribution in [-0.4, -0.2) is 67.4 Å². The number of aromatic nitrogens is 6. The normalized spacial score (nSPS) is 21.5. The average Bonchev–Trinajstić information content (AvgIpc) is 3.52. The third-order valence-corrected chi connectivity index (χ3v) is 6.65. The lowest BCUT2D eigenvalue weighted by Gasteiger charge is -2.29. The number of aryl methyl sites for hydroxylation is 2. The zero-order valence-electron chi connectivity index (χ0n) is 19.8. The number of rotatable bonds is 1. The van der Waals surface area contributed by atoms with Crippen molar-refractivity contribution < 1.29 is 19.3 Å². The van der Waals surface area contributed by atoms with Crippen molar-refractivity contribution in [2.24, 2.45) is 7.05 Å². The Bertz CT molecular complexity index is 1400. The summed E-state index contributed by atoms with van der Waals surface area (Å²) in [5.74, 6) is 1.33. The smallest absolute Gasteiger partial charge is 0.219 e. The first-order chi connectivity index (χ1) is 17.1. The van der Waals surface area contributed by atoms with Crippen molar-refractivity contribution >= 4 is 23.1 Å². The number of hydrogen-bond donors (Lipinski definition) is 2. The molecule has 1 fully saturated rings. The van der Waals surface area contributed by atoms with E-state index in [1.165, 1.54) is 0 Å². The Labute approximate surface area is 202 Å². The molecule has 4 aromatic rings. The highest BCUT2D eigenvalue weighted by atomic mass is 16.5. The molecule has 0 amide bonds. The second-order valence-electron chi connectivity index (χ2n) is 8.99. The Morgan fingerprint density at radius 3 is 2.83 bits per heavy atom. The largest absolute Gasteiger partial charge is 0.477 e. The number of ether oxygens (including phenoxy) is 3. The molecule has 10 heteroatoms. The Morgan fingerprint density at radius 2 is 1.97 bits per heavy atom. The lowest BCUT2D eigenvalue weighted by Crippen LogP contribution is -2.35. The van der Waals surface area contributed by atoms with E-state index in [1.54, 1.807) is 9.36 Å². The quantitative estimate of drug-likeness (QED) is 0.434. The van der Waals surface area contributed by atoms with Crippen molar-refractivity contribution in [2.45, 2.75) is 31.9 Å². The summed E-state index contributed by atoms with van der Waals surface area (Å²) in [6.07, 6.45) is 6.47. The minimum Gasteiger partial charge on any atom is -0.477 e. The number of fused-ring (bicyclic) bond motifs is 4. The zero-order chi connectivity index (χ0) is 23.9. The Balaban J connectivity index is 1.46. The van der Waals surface area contributed by atoms with Gasteiger partial charge < -0.3 is 19.3 Å². The molecule has 0 spiro atoms. The first kappa shape index (κ1) is 21.9. The van der Waals surface area contributed by atoms with Gasteiger partial charge in [-0.3, -0.25) is 5.10 Å². The lowest BCUT2D eigenvalue weighted by molar-refractivity contribution is -0.0357. The number of benzene rings is 1. The van der Waals surface area contributed by atoms with Crippen LogP contribution in [0, 0.1) is 6.92 Å². The summed E-state index contributed by atoms with van der Waals surface area (Å²) in [7, 11) is 1.87. The molecular formula is C25H28N6O4. The van der Waals surface area contributed by atoms with Gasteiger partial charge in [0.15, 0.2) is 0 Å². The third-order valence-electron chi connectivity index (χ3n) is 6.65. The number of H-pyrrole nitrogens is 1. The summed E-state index contributed by atoms with van der Waals surface area (Å²) >= 11 is 0. The van der Waals surface area contributed by atoms with Crippen LogP contribution < -0.4 is 9.47 Å². The molecule has 2 aliphatic heterocycles. The van der Waals surface area contributed by atoms with Gasteiger partial charge in [0.05, 0.1) is 60.2 Å². The number of aliphatic hydroxyl groups is 1. The van der Waals surface area contributed by atoms with Gasteiger partial charge in [0.1, 0.15) is 6.04 Å². The molecule has 1 aromatic carbocycles. The highest BCUT2D eigenvalue weighted by molar-refractivity contribution is 5.93. The fourth-order valence-electron chi connectivity index (χ4n) is 4.73. The van der Waals surface area contributed by atoms with E-state index in [9.17, 15) is 5.11 Å². The van der Waals surface area contributed by atoms with Gasteiger partial charge in [-0.15, -0.1) is 0 Å². The van der Waals surface area contributed by atoms with Crippen LogP contribution in [0.5, 0.6) is 11.8 Å². The molecule has 2 atom stereocenters. The predicted octanol–water partition coefficient (Wildman–Crippen LogP) is 3.12. The summed E-state index contributed by atoms with van der Waals surface area (Å²) in [6, 6.07) is 5.87. The minimum absolute atomic E-state index is 0.302. The SMILES string of the molecule is Cc1nn([C@H]2COCC[C@@H]2O)c2c1/C=C/c1n[nH]c3ccc(cc13)-c1cnn(C)c1OCCCO2. The number of aromatic amines is 1. The topological polar surface area (TPSA) is 112 Å². The summed E-state index contributed by atoms with van der Waals surface area (Å²) in [6.45, 7) is 3.78. The molecule has 0 saturated carbocycles. The second kappa shape index (κ2) is 8.86. The van der Waals surface area contributed by atoms with E-state index in [-0.39, 0.29) is 6.04 Å². The molecule has 2 aliphatic rings. The first-order valence-electron chi connectivity index (χ1n) is 11.9. The van der Waals surface area contributed by atoms with Crippen LogP contribution >= 0.6 is 0 Å². The zero-order valence-corrected chi connectivity index (χ0v) is 19.8. The summed E-state index contributed by atoms with van der Waals surface area (Å²) < 4.78 is 21.6. The summed E-state index contributed by atoms with van der Waals surface area (Å²) in [5.41, 5.74) is 5.37. The van der Waals surface area contributed by atoms with Gasteiger partial charge in [-0.2, -0.15) is 15.3 Å². The Morgan fingerprint density at radius 1 is 1.11 bits per heavy atom. The van der Waals surface area contributed by atoms with Crippen molar-refractivity contribution in [1.29, 1.82) is 0 Å². The highest BCUT2D eigenvalue weighted by Crippen LogP contribution is 2.34. The summed E-state index contributed by atoms with van der Waals surface area (Å²) in [5, 5.41) is 28.4. The maximum Gasteiger partial charge on any atom is 0.219 e. The molecule has 35 heavy (non-hydrogen) atoms. The monoisotopic (exact) mass is 476 g/mol. The van der Waals surface area contributed by atoms with E-state index in [2.05, 4.69) is 21.4 Å². The molecule has 182 valence electrons. The van der Waals surface area contributed by atoms with Crippen LogP contribution in [0.2, 0.25) is 0 Å². The third kappa shape index (κ3) is 3.88. The van der Waals surface area contributed by atoms with Crippen LogP contribution in [-0.2, 0) is 11.8 Å². The molecule has 2 N–H and O–H groups in total. The fraction of sp³-hybridized carbons (Fsp3) is 0.400. The van der Waals surface area contributed by atoms with E-state index in [0.717, 1.165) is 39.0 Å². The molecule has 0 radical (unpaired) electrons. The molecule has 0 aliphatic carbocycles. The number of nitrogens with zero attached hydrogens (tertiary/aromatic N) is 5. The van der Waals surface area contributed by atoms with Gasteiger partial charge in [-0.1, -0.05) is 6.07 Å². The maximum absolute atomic E-state index is 10.6. The molecule has 6 rings (SSSR count). The molecule has 1 saturated heterocycles. The summed E-state index contributed by atoms with van der Waals surface area (Å²) in [4.78, 5) is 0. The molecule has 10 nitrogen and oxygen atoms in total. The van der Waals surface area contributed by atoms with Gasteiger partial charge in [0.2, 0.25) is 11.8 Å². The van der Waals surface area contributed by atoms with Crippen LogP contribution in [0.25, 0.3) is 34.2 Å². The molecule has 0 unspecified atom stereocenters. The Hall–Kier alpha value is -3.63. The fourth-order valence-corrected chi connectivity index (χ4v) is 4.73. The Kier molecular flexibility index (Phi) is 5.54. The van der Waals surface area contributed by atoms with Crippen LogP contribution in [0.3, 0.4) is 0 Å². The molecular weight excluding hydrogens is 448 g/mol. The second-order valence-corrected chi connectivity index (χ2v) is 8.99. The van der Waals surface area contributed by atoms with E-state index >= 15 is 0 Å². The van der Waals surface area contributed by atoms with Gasteiger partial charge in [0, 0.05) is 25.5 Å². The standard InChI is InChI=1S/C25H28N6O4/c1-15-17-5-7-21-18-12-16(4-6-20(18)27-28-21)19-13-26-30(2)24(19)34-9-3-10-35-25(17)31(29-15)22-14-33-11-8-23(22)32/h4-7,12-13,22-23,32H,3,8-11,14H2,1-2H3,(H,27,28)/b7-5+/t22-,23-/m0/s1. The highest BCUT2D eigenvalue weighted by Gasteiger charge is 2.30. The van der Waals surface area contributed by atoms with Crippen LogP contribution in [0.1, 0.15) is 35.8 Å². The number of nitrogens with one attached hydrogen (secondary N) is 1. The van der Waals surface area contributed by atoms with Crippen LogP contribution in [0.4, 0.5) is 0 Å². The predicted molar refractivity (Wildman–Crippen MR) is 130 cm³/mol. The van der Waals surface area contributed by atoms with Crippen LogP contribution in [0.15, 0.2) is 24.4 Å².